The number of nitro groups is 1. The van der Waals surface area contributed by atoms with Gasteiger partial charge in [-0.25, -0.2) is 9.48 Å². The van der Waals surface area contributed by atoms with Crippen molar-refractivity contribution in [3.8, 4) is 22.6 Å². The van der Waals surface area contributed by atoms with Gasteiger partial charge >= 0.3 is 11.8 Å². The normalized spacial score (nSPS) is 11.0. The van der Waals surface area contributed by atoms with Crippen molar-refractivity contribution < 1.29 is 19.6 Å². The summed E-state index contributed by atoms with van der Waals surface area (Å²) in [5.41, 5.74) is 1.89. The van der Waals surface area contributed by atoms with Crippen LogP contribution in [0.5, 0.6) is 5.75 Å². The smallest absolute Gasteiger partial charge is 0.363 e. The maximum Gasteiger partial charge on any atom is 0.363 e. The summed E-state index contributed by atoms with van der Waals surface area (Å²) in [6.07, 6.45) is 1.20. The Bertz CT molecular complexity index is 1520. The summed E-state index contributed by atoms with van der Waals surface area (Å²) in [5, 5.41) is 31.3. The van der Waals surface area contributed by atoms with E-state index in [-0.39, 0.29) is 17.1 Å². The van der Waals surface area contributed by atoms with Crippen LogP contribution in [0, 0.1) is 17.0 Å². The van der Waals surface area contributed by atoms with Crippen LogP contribution in [0.25, 0.3) is 16.8 Å². The van der Waals surface area contributed by atoms with E-state index >= 15 is 0 Å². The van der Waals surface area contributed by atoms with Gasteiger partial charge in [-0.05, 0) is 46.7 Å². The number of nitrogens with one attached hydrogen (secondary N) is 1. The second-order valence-corrected chi connectivity index (χ2v) is 7.30. The molecule has 0 amide bonds. The number of aromatic amines is 1. The van der Waals surface area contributed by atoms with Crippen molar-refractivity contribution in [2.24, 2.45) is 10.2 Å². The molecule has 0 saturated carbocycles. The number of rotatable bonds is 7. The standard InChI is InChI=1S/C23H18N6O6/c1-13-20(22(30)28(27-13)16-9-10-19(24-12-16)29(33)34)26-25-18-8-4-7-17(21(18)35-2)14-5-3-6-15(11-14)23(31)32/h3-12,27H,1-2H3,(H,31,32). The Morgan fingerprint density at radius 2 is 1.94 bits per heavy atom. The van der Waals surface area contributed by atoms with Crippen molar-refractivity contribution in [3.63, 3.8) is 0 Å². The van der Waals surface area contributed by atoms with Crippen molar-refractivity contribution in [3.05, 3.63) is 92.5 Å². The minimum atomic E-state index is -1.05. The molecule has 4 rings (SSSR count). The van der Waals surface area contributed by atoms with E-state index in [9.17, 15) is 24.8 Å². The number of H-pyrrole nitrogens is 1. The molecule has 0 aliphatic heterocycles. The number of aromatic nitrogens is 3. The number of azo groups is 1. The fourth-order valence-corrected chi connectivity index (χ4v) is 3.42. The van der Waals surface area contributed by atoms with E-state index < -0.39 is 16.5 Å². The predicted octanol–water partition coefficient (Wildman–Crippen LogP) is 4.57. The van der Waals surface area contributed by atoms with Crippen molar-refractivity contribution in [2.75, 3.05) is 7.11 Å². The quantitative estimate of drug-likeness (QED) is 0.225. The van der Waals surface area contributed by atoms with Crippen LogP contribution in [0.2, 0.25) is 0 Å². The number of carbonyl (C=O) groups is 1. The molecule has 2 aromatic heterocycles. The number of carboxylic acids is 1. The first kappa shape index (κ1) is 23.0. The Labute approximate surface area is 197 Å². The topological polar surface area (TPSA) is 165 Å². The van der Waals surface area contributed by atoms with Gasteiger partial charge in [-0.15, -0.1) is 10.2 Å². The first-order valence-electron chi connectivity index (χ1n) is 10.1. The molecule has 35 heavy (non-hydrogen) atoms. The molecule has 0 radical (unpaired) electrons. The maximum atomic E-state index is 12.9. The highest BCUT2D eigenvalue weighted by atomic mass is 16.6. The van der Waals surface area contributed by atoms with Crippen LogP contribution in [0.4, 0.5) is 17.2 Å². The molecular formula is C23H18N6O6. The summed E-state index contributed by atoms with van der Waals surface area (Å²) < 4.78 is 6.69. The molecule has 0 spiro atoms. The molecule has 12 nitrogen and oxygen atoms in total. The highest BCUT2D eigenvalue weighted by molar-refractivity contribution is 5.90. The molecule has 0 atom stereocenters. The van der Waals surface area contributed by atoms with Crippen molar-refractivity contribution in [1.29, 1.82) is 0 Å². The molecule has 0 fully saturated rings. The molecule has 4 aromatic rings. The molecule has 0 aliphatic carbocycles. The summed E-state index contributed by atoms with van der Waals surface area (Å²) in [7, 11) is 1.45. The van der Waals surface area contributed by atoms with E-state index in [1.165, 1.54) is 37.6 Å². The number of carboxylic acid groups (broad SMARTS) is 1. The number of aryl methyl sites for hydroxylation is 1. The second-order valence-electron chi connectivity index (χ2n) is 7.30. The lowest BCUT2D eigenvalue weighted by molar-refractivity contribution is -0.389. The largest absolute Gasteiger partial charge is 0.494 e. The van der Waals surface area contributed by atoms with E-state index in [2.05, 4.69) is 20.3 Å². The van der Waals surface area contributed by atoms with Gasteiger partial charge in [-0.3, -0.25) is 9.89 Å². The molecular weight excluding hydrogens is 456 g/mol. The third-order valence-electron chi connectivity index (χ3n) is 5.09. The van der Waals surface area contributed by atoms with Gasteiger partial charge in [0.05, 0.1) is 18.4 Å². The Morgan fingerprint density at radius 1 is 1.17 bits per heavy atom. The van der Waals surface area contributed by atoms with Gasteiger partial charge in [0.1, 0.15) is 11.4 Å². The number of benzene rings is 2. The molecule has 2 aromatic carbocycles. The molecule has 12 heteroatoms. The van der Waals surface area contributed by atoms with E-state index in [1.54, 1.807) is 37.3 Å². The SMILES string of the molecule is COc1c(N=Nc2c(C)[nH]n(-c3ccc([N+](=O)[O-])nc3)c2=O)cccc1-c1cccc(C(=O)O)c1. The second kappa shape index (κ2) is 9.39. The van der Waals surface area contributed by atoms with Crippen LogP contribution in [-0.2, 0) is 0 Å². The van der Waals surface area contributed by atoms with Crippen molar-refractivity contribution >= 4 is 23.2 Å². The van der Waals surface area contributed by atoms with Crippen molar-refractivity contribution in [1.82, 2.24) is 14.8 Å². The highest BCUT2D eigenvalue weighted by Gasteiger charge is 2.16. The molecule has 176 valence electrons. The van der Waals surface area contributed by atoms with E-state index in [4.69, 9.17) is 4.74 Å². The summed E-state index contributed by atoms with van der Waals surface area (Å²) in [6, 6.07) is 14.1. The van der Waals surface area contributed by atoms with Crippen molar-refractivity contribution in [2.45, 2.75) is 6.92 Å². The summed E-state index contributed by atoms with van der Waals surface area (Å²) in [4.78, 5) is 38.1. The lowest BCUT2D eigenvalue weighted by atomic mass is 10.0. The van der Waals surface area contributed by atoms with E-state index in [0.717, 1.165) is 4.68 Å². The third kappa shape index (κ3) is 4.53. The van der Waals surface area contributed by atoms with Gasteiger partial charge in [0.2, 0.25) is 0 Å². The number of ether oxygens (including phenoxy) is 1. The van der Waals surface area contributed by atoms with Crippen LogP contribution in [0.3, 0.4) is 0 Å². The van der Waals surface area contributed by atoms with Crippen LogP contribution in [0.15, 0.2) is 75.8 Å². The Morgan fingerprint density at radius 3 is 2.60 bits per heavy atom. The average Bonchev–Trinajstić information content (AvgIpc) is 3.15. The lowest BCUT2D eigenvalue weighted by Crippen LogP contribution is -2.14. The van der Waals surface area contributed by atoms with Crippen LogP contribution < -0.4 is 10.3 Å². The van der Waals surface area contributed by atoms with E-state index in [1.807, 2.05) is 0 Å². The van der Waals surface area contributed by atoms with E-state index in [0.29, 0.717) is 33.9 Å². The van der Waals surface area contributed by atoms with Gasteiger partial charge < -0.3 is 20.0 Å². The fourth-order valence-electron chi connectivity index (χ4n) is 3.42. The Hall–Kier alpha value is -5.13. The summed E-state index contributed by atoms with van der Waals surface area (Å²) in [5.74, 6) is -1.04. The highest BCUT2D eigenvalue weighted by Crippen LogP contribution is 2.39. The first-order chi connectivity index (χ1) is 16.8. The van der Waals surface area contributed by atoms with Crippen LogP contribution >= 0.6 is 0 Å². The zero-order chi connectivity index (χ0) is 25.1. The monoisotopic (exact) mass is 474 g/mol. The number of hydrogen-bond acceptors (Lipinski definition) is 8. The third-order valence-corrected chi connectivity index (χ3v) is 5.09. The Kier molecular flexibility index (Phi) is 6.18. The molecule has 0 bridgehead atoms. The molecule has 2 N–H and O–H groups in total. The summed E-state index contributed by atoms with van der Waals surface area (Å²) >= 11 is 0. The fraction of sp³-hybridized carbons (Fsp3) is 0.0870. The molecule has 0 unspecified atom stereocenters. The number of aromatic carboxylic acids is 1. The zero-order valence-electron chi connectivity index (χ0n) is 18.5. The minimum Gasteiger partial charge on any atom is -0.494 e. The minimum absolute atomic E-state index is 0.0312. The predicted molar refractivity (Wildman–Crippen MR) is 125 cm³/mol. The van der Waals surface area contributed by atoms with Crippen LogP contribution in [-0.4, -0.2) is 37.9 Å². The Balaban J connectivity index is 1.71. The number of hydrogen-bond donors (Lipinski definition) is 2. The van der Waals surface area contributed by atoms with Gasteiger partial charge in [-0.1, -0.05) is 24.3 Å². The molecule has 0 aliphatic rings. The number of pyridine rings is 1. The van der Waals surface area contributed by atoms with Gasteiger partial charge in [0, 0.05) is 11.6 Å². The average molecular weight is 474 g/mol. The molecule has 0 saturated heterocycles. The number of para-hydroxylation sites is 1. The first-order valence-corrected chi connectivity index (χ1v) is 10.1. The van der Waals surface area contributed by atoms with Gasteiger partial charge in [0.15, 0.2) is 17.6 Å². The molecule has 2 heterocycles. The number of nitrogens with zero attached hydrogens (tertiary/aromatic N) is 5. The summed E-state index contributed by atoms with van der Waals surface area (Å²) in [6.45, 7) is 1.64. The number of methoxy groups -OCH3 is 1. The van der Waals surface area contributed by atoms with Gasteiger partial charge in [-0.2, -0.15) is 0 Å². The van der Waals surface area contributed by atoms with Gasteiger partial charge in [0.25, 0.3) is 5.56 Å². The van der Waals surface area contributed by atoms with Crippen LogP contribution in [0.1, 0.15) is 16.1 Å². The maximum absolute atomic E-state index is 12.9. The lowest BCUT2D eigenvalue weighted by Gasteiger charge is -2.11. The zero-order valence-corrected chi connectivity index (χ0v) is 18.5.